The van der Waals surface area contributed by atoms with Crippen molar-refractivity contribution in [2.45, 2.75) is 50.7 Å². The first-order valence-corrected chi connectivity index (χ1v) is 6.77. The molecule has 0 bridgehead atoms. The molecule has 3 rings (SSSR count). The van der Waals surface area contributed by atoms with Crippen LogP contribution >= 0.6 is 0 Å². The molecule has 0 amide bonds. The van der Waals surface area contributed by atoms with Crippen LogP contribution in [0.4, 0.5) is 5.69 Å². The summed E-state index contributed by atoms with van der Waals surface area (Å²) in [7, 11) is 1.81. The smallest absolute Gasteiger partial charge is 0.0610 e. The van der Waals surface area contributed by atoms with Crippen molar-refractivity contribution in [1.29, 1.82) is 0 Å². The predicted octanol–water partition coefficient (Wildman–Crippen LogP) is 3.15. The Balaban J connectivity index is 1.71. The van der Waals surface area contributed by atoms with Crippen molar-refractivity contribution >= 4 is 5.69 Å². The van der Waals surface area contributed by atoms with Crippen molar-refractivity contribution in [2.75, 3.05) is 12.4 Å². The second kappa shape index (κ2) is 4.69. The Kier molecular flexibility index (Phi) is 3.06. The lowest BCUT2D eigenvalue weighted by Gasteiger charge is -2.36. The van der Waals surface area contributed by atoms with Crippen molar-refractivity contribution in [3.63, 3.8) is 0 Å². The van der Waals surface area contributed by atoms with E-state index < -0.39 is 0 Å². The van der Waals surface area contributed by atoms with Crippen LogP contribution < -0.4 is 5.32 Å². The van der Waals surface area contributed by atoms with Crippen LogP contribution in [-0.4, -0.2) is 19.3 Å². The van der Waals surface area contributed by atoms with Gasteiger partial charge < -0.3 is 10.1 Å². The lowest BCUT2D eigenvalue weighted by molar-refractivity contribution is 0.0328. The molecule has 17 heavy (non-hydrogen) atoms. The van der Waals surface area contributed by atoms with Gasteiger partial charge in [-0.3, -0.25) is 0 Å². The molecule has 1 saturated carbocycles. The minimum Gasteiger partial charge on any atom is -0.382 e. The van der Waals surface area contributed by atoms with Gasteiger partial charge in [0.1, 0.15) is 0 Å². The molecule has 2 nitrogen and oxygen atoms in total. The Hall–Kier alpha value is -1.02. The maximum Gasteiger partial charge on any atom is 0.0610 e. The van der Waals surface area contributed by atoms with E-state index in [1.165, 1.54) is 31.4 Å². The summed E-state index contributed by atoms with van der Waals surface area (Å²) in [4.78, 5) is 0. The van der Waals surface area contributed by atoms with E-state index in [1.807, 2.05) is 7.11 Å². The summed E-state index contributed by atoms with van der Waals surface area (Å²) in [5.41, 5.74) is 4.50. The predicted molar refractivity (Wildman–Crippen MR) is 70.5 cm³/mol. The minimum absolute atomic E-state index is 0.479. The van der Waals surface area contributed by atoms with E-state index in [0.717, 1.165) is 12.8 Å². The normalized spacial score (nSPS) is 27.1. The molecular weight excluding hydrogens is 210 g/mol. The number of hydrogen-bond donors (Lipinski definition) is 1. The van der Waals surface area contributed by atoms with E-state index in [1.54, 1.807) is 11.1 Å². The summed E-state index contributed by atoms with van der Waals surface area (Å²) in [5, 5.41) is 3.69. The quantitative estimate of drug-likeness (QED) is 0.862. The monoisotopic (exact) mass is 231 g/mol. The number of hydrogen-bond acceptors (Lipinski definition) is 2. The summed E-state index contributed by atoms with van der Waals surface area (Å²) in [6.45, 7) is 0. The number of nitrogens with one attached hydrogen (secondary N) is 1. The first kappa shape index (κ1) is 11.1. The number of methoxy groups -OCH3 is 1. The summed E-state index contributed by atoms with van der Waals surface area (Å²) >= 11 is 0. The van der Waals surface area contributed by atoms with Crippen LogP contribution in [0.1, 0.15) is 36.8 Å². The van der Waals surface area contributed by atoms with Gasteiger partial charge in [0.05, 0.1) is 6.10 Å². The summed E-state index contributed by atoms with van der Waals surface area (Å²) < 4.78 is 5.33. The van der Waals surface area contributed by atoms with Gasteiger partial charge in [-0.25, -0.2) is 0 Å². The average molecular weight is 231 g/mol. The molecule has 2 aliphatic rings. The Labute approximate surface area is 103 Å². The molecule has 0 unspecified atom stereocenters. The number of rotatable bonds is 3. The van der Waals surface area contributed by atoms with Gasteiger partial charge >= 0.3 is 0 Å². The molecule has 1 fully saturated rings. The zero-order chi connectivity index (χ0) is 11.7. The van der Waals surface area contributed by atoms with Crippen molar-refractivity contribution in [1.82, 2.24) is 0 Å². The van der Waals surface area contributed by atoms with Crippen molar-refractivity contribution in [3.05, 3.63) is 29.3 Å². The highest BCUT2D eigenvalue weighted by atomic mass is 16.5. The fourth-order valence-corrected chi connectivity index (χ4v) is 3.01. The van der Waals surface area contributed by atoms with Gasteiger partial charge in [-0.1, -0.05) is 12.1 Å². The Morgan fingerprint density at radius 1 is 1.18 bits per heavy atom. The van der Waals surface area contributed by atoms with Crippen LogP contribution in [0.25, 0.3) is 0 Å². The van der Waals surface area contributed by atoms with Crippen LogP contribution in [0.15, 0.2) is 18.2 Å². The molecule has 0 radical (unpaired) electrons. The van der Waals surface area contributed by atoms with Gasteiger partial charge in [-0.05, 0) is 55.7 Å². The third-order valence-corrected chi connectivity index (χ3v) is 4.18. The lowest BCUT2D eigenvalue weighted by Crippen LogP contribution is -2.40. The van der Waals surface area contributed by atoms with Gasteiger partial charge in [0, 0.05) is 18.8 Å². The second-order valence-electron chi connectivity index (χ2n) is 5.32. The molecule has 2 aliphatic carbocycles. The number of ether oxygens (including phenoxy) is 1. The molecule has 1 aromatic rings. The van der Waals surface area contributed by atoms with E-state index >= 15 is 0 Å². The van der Waals surface area contributed by atoms with E-state index in [2.05, 4.69) is 23.5 Å². The fourth-order valence-electron chi connectivity index (χ4n) is 3.01. The van der Waals surface area contributed by atoms with Gasteiger partial charge in [0.2, 0.25) is 0 Å². The number of anilines is 1. The number of aryl methyl sites for hydroxylation is 1. The molecule has 2 heteroatoms. The molecule has 1 aromatic carbocycles. The number of benzene rings is 1. The van der Waals surface area contributed by atoms with Crippen molar-refractivity contribution in [2.24, 2.45) is 0 Å². The Morgan fingerprint density at radius 3 is 2.82 bits per heavy atom. The zero-order valence-corrected chi connectivity index (χ0v) is 10.5. The maximum absolute atomic E-state index is 5.33. The van der Waals surface area contributed by atoms with Crippen molar-refractivity contribution < 1.29 is 4.74 Å². The van der Waals surface area contributed by atoms with Crippen LogP contribution in [0, 0.1) is 0 Å². The highest BCUT2D eigenvalue weighted by Crippen LogP contribution is 2.32. The number of fused-ring (bicyclic) bond motifs is 1. The van der Waals surface area contributed by atoms with E-state index in [9.17, 15) is 0 Å². The molecule has 0 heterocycles. The van der Waals surface area contributed by atoms with E-state index in [0.29, 0.717) is 12.1 Å². The molecular formula is C15H21NO. The van der Waals surface area contributed by atoms with Gasteiger partial charge in [-0.2, -0.15) is 0 Å². The van der Waals surface area contributed by atoms with E-state index in [-0.39, 0.29) is 0 Å². The summed E-state index contributed by atoms with van der Waals surface area (Å²) in [6.07, 6.45) is 7.99. The molecule has 92 valence electrons. The Morgan fingerprint density at radius 2 is 2.00 bits per heavy atom. The average Bonchev–Trinajstić information content (AvgIpc) is 2.33. The highest BCUT2D eigenvalue weighted by molar-refractivity contribution is 5.56. The van der Waals surface area contributed by atoms with Crippen LogP contribution in [0.5, 0.6) is 0 Å². The standard InChI is InChI=1S/C15H21NO/c1-17-13-9-12(10-13)16-15-8-4-6-11-5-2-3-7-14(11)15/h4,6,8,12-13,16H,2-3,5,7,9-10H2,1H3. The zero-order valence-electron chi connectivity index (χ0n) is 10.5. The third-order valence-electron chi connectivity index (χ3n) is 4.18. The van der Waals surface area contributed by atoms with Crippen LogP contribution in [0.3, 0.4) is 0 Å². The molecule has 1 N–H and O–H groups in total. The van der Waals surface area contributed by atoms with Gasteiger partial charge in [-0.15, -0.1) is 0 Å². The molecule has 0 aliphatic heterocycles. The molecule has 0 aromatic heterocycles. The topological polar surface area (TPSA) is 21.3 Å². The minimum atomic E-state index is 0.479. The summed E-state index contributed by atoms with van der Waals surface area (Å²) in [6, 6.07) is 7.34. The van der Waals surface area contributed by atoms with Gasteiger partial charge in [0.15, 0.2) is 0 Å². The first-order valence-electron chi connectivity index (χ1n) is 6.77. The molecule has 0 atom stereocenters. The summed E-state index contributed by atoms with van der Waals surface area (Å²) in [5.74, 6) is 0. The SMILES string of the molecule is COC1CC(Nc2cccc3c2CCCC3)C1. The van der Waals surface area contributed by atoms with E-state index in [4.69, 9.17) is 4.74 Å². The fraction of sp³-hybridized carbons (Fsp3) is 0.600. The lowest BCUT2D eigenvalue weighted by atomic mass is 9.87. The van der Waals surface area contributed by atoms with Gasteiger partial charge in [0.25, 0.3) is 0 Å². The van der Waals surface area contributed by atoms with Crippen LogP contribution in [-0.2, 0) is 17.6 Å². The van der Waals surface area contributed by atoms with Crippen molar-refractivity contribution in [3.8, 4) is 0 Å². The first-order chi connectivity index (χ1) is 8.36. The van der Waals surface area contributed by atoms with Crippen LogP contribution in [0.2, 0.25) is 0 Å². The largest absolute Gasteiger partial charge is 0.382 e. The molecule has 0 spiro atoms. The highest BCUT2D eigenvalue weighted by Gasteiger charge is 2.29. The second-order valence-corrected chi connectivity index (χ2v) is 5.32. The maximum atomic E-state index is 5.33. The third kappa shape index (κ3) is 2.19. The molecule has 0 saturated heterocycles. The Bertz CT molecular complexity index is 396.